The zero-order valence-electron chi connectivity index (χ0n) is 9.55. The fourth-order valence-corrected chi connectivity index (χ4v) is 2.50. The molecular formula is C11H16ClNO3S. The fourth-order valence-electron chi connectivity index (χ4n) is 1.21. The molecule has 96 valence electrons. The molecular weight excluding hydrogens is 262 g/mol. The molecule has 1 aromatic carbocycles. The Labute approximate surface area is 108 Å². The van der Waals surface area contributed by atoms with Crippen LogP contribution in [0, 0.1) is 6.92 Å². The highest BCUT2D eigenvalue weighted by atomic mass is 35.5. The van der Waals surface area contributed by atoms with Crippen molar-refractivity contribution in [2.24, 2.45) is 5.73 Å². The number of carbonyl (C=O) groups excluding carboxylic acids is 1. The summed E-state index contributed by atoms with van der Waals surface area (Å²) in [6.07, 6.45) is -0.0211. The normalized spacial score (nSPS) is 10.7. The van der Waals surface area contributed by atoms with Gasteiger partial charge in [-0.25, -0.2) is 8.42 Å². The molecule has 0 bridgehead atoms. The first-order chi connectivity index (χ1) is 7.45. The number of ketones is 1. The molecule has 0 amide bonds. The average Bonchev–Trinajstić information content (AvgIpc) is 2.26. The SMILES string of the molecule is Cc1ccc(S(=O)(=O)CCC(=O)CN)cc1.Cl. The van der Waals surface area contributed by atoms with Crippen molar-refractivity contribution in [1.29, 1.82) is 0 Å². The zero-order valence-corrected chi connectivity index (χ0v) is 11.2. The van der Waals surface area contributed by atoms with Gasteiger partial charge >= 0.3 is 0 Å². The van der Waals surface area contributed by atoms with Gasteiger partial charge in [0.2, 0.25) is 0 Å². The van der Waals surface area contributed by atoms with Crippen LogP contribution in [0.15, 0.2) is 29.2 Å². The number of hydrogen-bond acceptors (Lipinski definition) is 4. The lowest BCUT2D eigenvalue weighted by Crippen LogP contribution is -2.18. The van der Waals surface area contributed by atoms with E-state index in [-0.39, 0.29) is 41.8 Å². The van der Waals surface area contributed by atoms with Gasteiger partial charge in [0.05, 0.1) is 17.2 Å². The van der Waals surface area contributed by atoms with E-state index in [4.69, 9.17) is 5.73 Å². The van der Waals surface area contributed by atoms with Crippen molar-refractivity contribution in [1.82, 2.24) is 0 Å². The van der Waals surface area contributed by atoms with Crippen LogP contribution >= 0.6 is 12.4 Å². The Kier molecular flexibility index (Phi) is 6.37. The van der Waals surface area contributed by atoms with Gasteiger partial charge in [0, 0.05) is 6.42 Å². The van der Waals surface area contributed by atoms with Crippen LogP contribution in [0.4, 0.5) is 0 Å². The molecule has 0 saturated heterocycles. The van der Waals surface area contributed by atoms with Gasteiger partial charge in [0.1, 0.15) is 5.78 Å². The lowest BCUT2D eigenvalue weighted by Gasteiger charge is -2.03. The Morgan fingerprint density at radius 3 is 2.24 bits per heavy atom. The second-order valence-corrected chi connectivity index (χ2v) is 5.73. The summed E-state index contributed by atoms with van der Waals surface area (Å²) in [4.78, 5) is 11.2. The lowest BCUT2D eigenvalue weighted by molar-refractivity contribution is -0.117. The molecule has 0 unspecified atom stereocenters. The largest absolute Gasteiger partial charge is 0.324 e. The summed E-state index contributed by atoms with van der Waals surface area (Å²) in [5, 5.41) is 0. The molecule has 2 N–H and O–H groups in total. The summed E-state index contributed by atoms with van der Waals surface area (Å²) in [6, 6.07) is 6.57. The number of sulfone groups is 1. The van der Waals surface area contributed by atoms with Gasteiger partial charge in [-0.3, -0.25) is 4.79 Å². The van der Waals surface area contributed by atoms with Crippen molar-refractivity contribution in [2.75, 3.05) is 12.3 Å². The number of halogens is 1. The molecule has 0 aliphatic heterocycles. The maximum absolute atomic E-state index is 11.8. The molecule has 0 aromatic heterocycles. The van der Waals surface area contributed by atoms with Gasteiger partial charge in [-0.05, 0) is 19.1 Å². The predicted molar refractivity (Wildman–Crippen MR) is 69.2 cm³/mol. The lowest BCUT2D eigenvalue weighted by atomic mass is 10.2. The number of nitrogens with two attached hydrogens (primary N) is 1. The molecule has 0 spiro atoms. The number of Topliss-reactive ketones (excluding diaryl/α,β-unsaturated/α-hetero) is 1. The van der Waals surface area contributed by atoms with Crippen LogP contribution in [0.5, 0.6) is 0 Å². The van der Waals surface area contributed by atoms with Crippen LogP contribution in [0.3, 0.4) is 0 Å². The summed E-state index contributed by atoms with van der Waals surface area (Å²) in [5.41, 5.74) is 6.11. The van der Waals surface area contributed by atoms with E-state index in [1.54, 1.807) is 24.3 Å². The van der Waals surface area contributed by atoms with Gasteiger partial charge in [-0.15, -0.1) is 12.4 Å². The summed E-state index contributed by atoms with van der Waals surface area (Å²) < 4.78 is 23.5. The maximum atomic E-state index is 11.8. The quantitative estimate of drug-likeness (QED) is 0.875. The third-order valence-electron chi connectivity index (χ3n) is 2.26. The molecule has 0 fully saturated rings. The third-order valence-corrected chi connectivity index (χ3v) is 3.99. The van der Waals surface area contributed by atoms with Crippen LogP contribution in [-0.2, 0) is 14.6 Å². The van der Waals surface area contributed by atoms with Crippen LogP contribution in [0.2, 0.25) is 0 Å². The number of carbonyl (C=O) groups is 1. The van der Waals surface area contributed by atoms with E-state index in [2.05, 4.69) is 0 Å². The van der Waals surface area contributed by atoms with Crippen LogP contribution in [0.1, 0.15) is 12.0 Å². The van der Waals surface area contributed by atoms with Gasteiger partial charge in [-0.1, -0.05) is 17.7 Å². The van der Waals surface area contributed by atoms with Gasteiger partial charge in [0.25, 0.3) is 0 Å². The van der Waals surface area contributed by atoms with E-state index in [1.807, 2.05) is 6.92 Å². The smallest absolute Gasteiger partial charge is 0.178 e. The molecule has 0 radical (unpaired) electrons. The first-order valence-electron chi connectivity index (χ1n) is 4.97. The first-order valence-corrected chi connectivity index (χ1v) is 6.62. The number of aryl methyl sites for hydroxylation is 1. The minimum absolute atomic E-state index is 0. The van der Waals surface area contributed by atoms with E-state index in [1.165, 1.54) is 0 Å². The number of hydrogen-bond donors (Lipinski definition) is 1. The van der Waals surface area contributed by atoms with Gasteiger partial charge in [-0.2, -0.15) is 0 Å². The Bertz CT molecular complexity index is 468. The molecule has 0 atom stereocenters. The zero-order chi connectivity index (χ0) is 12.2. The summed E-state index contributed by atoms with van der Waals surface area (Å²) >= 11 is 0. The van der Waals surface area contributed by atoms with E-state index >= 15 is 0 Å². The fraction of sp³-hybridized carbons (Fsp3) is 0.364. The minimum atomic E-state index is -3.36. The van der Waals surface area contributed by atoms with E-state index in [9.17, 15) is 13.2 Å². The van der Waals surface area contributed by atoms with Crippen LogP contribution in [0.25, 0.3) is 0 Å². The van der Waals surface area contributed by atoms with Crippen molar-refractivity contribution in [3.63, 3.8) is 0 Å². The highest BCUT2D eigenvalue weighted by Gasteiger charge is 2.15. The van der Waals surface area contributed by atoms with Crippen molar-refractivity contribution in [3.05, 3.63) is 29.8 Å². The van der Waals surface area contributed by atoms with Crippen molar-refractivity contribution in [3.8, 4) is 0 Å². The Hall–Kier alpha value is -0.910. The second kappa shape index (κ2) is 6.74. The molecule has 0 saturated carbocycles. The summed E-state index contributed by atoms with van der Waals surface area (Å²) in [6.45, 7) is 1.78. The molecule has 1 aromatic rings. The van der Waals surface area contributed by atoms with Gasteiger partial charge < -0.3 is 5.73 Å². The summed E-state index contributed by atoms with van der Waals surface area (Å²) in [7, 11) is -3.36. The third kappa shape index (κ3) is 4.85. The number of benzene rings is 1. The first kappa shape index (κ1) is 16.1. The Morgan fingerprint density at radius 2 is 1.76 bits per heavy atom. The standard InChI is InChI=1S/C11H15NO3S.ClH/c1-9-2-4-11(5-3-9)16(14,15)7-6-10(13)8-12;/h2-5H,6-8,12H2,1H3;1H. The molecule has 0 aliphatic carbocycles. The summed E-state index contributed by atoms with van der Waals surface area (Å²) in [5.74, 6) is -0.415. The van der Waals surface area contributed by atoms with Crippen molar-refractivity contribution in [2.45, 2.75) is 18.2 Å². The molecule has 6 heteroatoms. The monoisotopic (exact) mass is 277 g/mol. The maximum Gasteiger partial charge on any atom is 0.178 e. The Morgan fingerprint density at radius 1 is 1.24 bits per heavy atom. The van der Waals surface area contributed by atoms with Crippen LogP contribution in [-0.4, -0.2) is 26.5 Å². The van der Waals surface area contributed by atoms with Crippen LogP contribution < -0.4 is 5.73 Å². The predicted octanol–water partition coefficient (Wildman–Crippen LogP) is 1.11. The van der Waals surface area contributed by atoms with E-state index < -0.39 is 9.84 Å². The topological polar surface area (TPSA) is 77.2 Å². The van der Waals surface area contributed by atoms with E-state index in [0.29, 0.717) is 0 Å². The van der Waals surface area contributed by atoms with Crippen molar-refractivity contribution >= 4 is 28.0 Å². The average molecular weight is 278 g/mol. The number of rotatable bonds is 5. The highest BCUT2D eigenvalue weighted by molar-refractivity contribution is 7.91. The minimum Gasteiger partial charge on any atom is -0.324 e. The van der Waals surface area contributed by atoms with Gasteiger partial charge in [0.15, 0.2) is 9.84 Å². The molecule has 17 heavy (non-hydrogen) atoms. The molecule has 1 rings (SSSR count). The molecule has 0 aliphatic rings. The highest BCUT2D eigenvalue weighted by Crippen LogP contribution is 2.12. The van der Waals surface area contributed by atoms with Crippen molar-refractivity contribution < 1.29 is 13.2 Å². The van der Waals surface area contributed by atoms with E-state index in [0.717, 1.165) is 5.56 Å². The molecule has 0 heterocycles. The molecule has 4 nitrogen and oxygen atoms in total. The second-order valence-electron chi connectivity index (χ2n) is 3.62. The Balaban J connectivity index is 0.00000256.